The van der Waals surface area contributed by atoms with Crippen LogP contribution < -0.4 is 5.32 Å². The van der Waals surface area contributed by atoms with E-state index in [4.69, 9.17) is 4.74 Å². The lowest BCUT2D eigenvalue weighted by atomic mass is 10.1. The van der Waals surface area contributed by atoms with Gasteiger partial charge in [-0.25, -0.2) is 13.2 Å². The zero-order chi connectivity index (χ0) is 24.2. The quantitative estimate of drug-likeness (QED) is 0.487. The number of carbonyl (C=O) groups is 3. The van der Waals surface area contributed by atoms with Crippen molar-refractivity contribution >= 4 is 33.4 Å². The van der Waals surface area contributed by atoms with Crippen LogP contribution in [0.15, 0.2) is 53.4 Å². The second kappa shape index (κ2) is 10.3. The summed E-state index contributed by atoms with van der Waals surface area (Å²) < 4.78 is 32.6. The molecule has 0 spiro atoms. The van der Waals surface area contributed by atoms with Crippen LogP contribution in [0.25, 0.3) is 0 Å². The Bertz CT molecular complexity index is 1130. The van der Waals surface area contributed by atoms with Crippen LogP contribution in [0.4, 0.5) is 5.69 Å². The Morgan fingerprint density at radius 3 is 2.18 bits per heavy atom. The van der Waals surface area contributed by atoms with Crippen LogP contribution in [0.1, 0.15) is 60.7 Å². The van der Waals surface area contributed by atoms with Crippen molar-refractivity contribution in [3.8, 4) is 0 Å². The molecule has 0 saturated carbocycles. The predicted octanol–water partition coefficient (Wildman–Crippen LogP) is 3.64. The van der Waals surface area contributed by atoms with Gasteiger partial charge in [-0.15, -0.1) is 0 Å². The molecular weight excluding hydrogens is 444 g/mol. The maximum atomic E-state index is 12.9. The number of rotatable bonds is 7. The monoisotopic (exact) mass is 472 g/mol. The molecule has 1 fully saturated rings. The number of nitrogens with zero attached hydrogens (tertiary/aromatic N) is 1. The highest BCUT2D eigenvalue weighted by Gasteiger charge is 2.31. The van der Waals surface area contributed by atoms with Crippen molar-refractivity contribution in [1.29, 1.82) is 0 Å². The summed E-state index contributed by atoms with van der Waals surface area (Å²) in [6, 6.07) is 11.8. The summed E-state index contributed by atoms with van der Waals surface area (Å²) >= 11 is 0. The molecule has 0 radical (unpaired) electrons. The van der Waals surface area contributed by atoms with Crippen molar-refractivity contribution < 1.29 is 27.5 Å². The normalized spacial score (nSPS) is 17.7. The lowest BCUT2D eigenvalue weighted by Crippen LogP contribution is -2.41. The molecule has 0 aliphatic carbocycles. The third kappa shape index (κ3) is 5.85. The van der Waals surface area contributed by atoms with E-state index in [0.717, 1.165) is 19.3 Å². The number of benzene rings is 2. The number of Topliss-reactive ketones (excluding diaryl/α,β-unsaturated/α-hetero) is 1. The molecule has 3 rings (SSSR count). The SMILES string of the molecule is CC(=O)Nc1ccc(C(=O)[C@@H](C)OC(=O)c2ccc(S(=O)(=O)N3CCCC[C@@H]3C)cc2)cc1. The Morgan fingerprint density at radius 1 is 1.00 bits per heavy atom. The zero-order valence-corrected chi connectivity index (χ0v) is 19.7. The standard InChI is InChI=1S/C24H28N2O6S/c1-16-6-4-5-15-26(16)33(30,31)22-13-9-20(10-14-22)24(29)32-17(2)23(28)19-7-11-21(12-8-19)25-18(3)27/h7-14,16-17H,4-6,15H2,1-3H3,(H,25,27)/t16-,17+/m0/s1. The van der Waals surface area contributed by atoms with Gasteiger partial charge in [0.15, 0.2) is 6.10 Å². The highest BCUT2D eigenvalue weighted by atomic mass is 32.2. The second-order valence-corrected chi connectivity index (χ2v) is 10.0. The number of sulfonamides is 1. The van der Waals surface area contributed by atoms with E-state index in [9.17, 15) is 22.8 Å². The van der Waals surface area contributed by atoms with Gasteiger partial charge < -0.3 is 10.1 Å². The predicted molar refractivity (Wildman–Crippen MR) is 124 cm³/mol. The molecule has 2 aromatic carbocycles. The molecule has 1 amide bonds. The van der Waals surface area contributed by atoms with Crippen molar-refractivity contribution in [2.45, 2.75) is 57.1 Å². The first-order valence-electron chi connectivity index (χ1n) is 10.8. The minimum atomic E-state index is -3.64. The molecule has 33 heavy (non-hydrogen) atoms. The molecule has 176 valence electrons. The average Bonchev–Trinajstić information content (AvgIpc) is 2.79. The van der Waals surface area contributed by atoms with Gasteiger partial charge in [-0.2, -0.15) is 4.31 Å². The lowest BCUT2D eigenvalue weighted by molar-refractivity contribution is -0.114. The van der Waals surface area contributed by atoms with Crippen LogP contribution in [-0.4, -0.2) is 49.1 Å². The Labute approximate surface area is 194 Å². The third-order valence-electron chi connectivity index (χ3n) is 5.58. The van der Waals surface area contributed by atoms with E-state index in [-0.39, 0.29) is 22.4 Å². The van der Waals surface area contributed by atoms with Gasteiger partial charge in [-0.1, -0.05) is 6.42 Å². The summed E-state index contributed by atoms with van der Waals surface area (Å²) in [5, 5.41) is 2.61. The van der Waals surface area contributed by atoms with Gasteiger partial charge in [0.05, 0.1) is 10.5 Å². The van der Waals surface area contributed by atoms with E-state index >= 15 is 0 Å². The molecule has 1 saturated heterocycles. The molecule has 2 aromatic rings. The summed E-state index contributed by atoms with van der Waals surface area (Å²) in [7, 11) is -3.64. The number of esters is 1. The summed E-state index contributed by atoms with van der Waals surface area (Å²) in [4.78, 5) is 36.3. The molecule has 1 aliphatic heterocycles. The smallest absolute Gasteiger partial charge is 0.338 e. The summed E-state index contributed by atoms with van der Waals surface area (Å²) in [6.07, 6.45) is 1.62. The van der Waals surface area contributed by atoms with Gasteiger partial charge in [-0.3, -0.25) is 9.59 Å². The topological polar surface area (TPSA) is 110 Å². The number of amides is 1. The summed E-state index contributed by atoms with van der Waals surface area (Å²) in [6.45, 7) is 5.24. The lowest BCUT2D eigenvalue weighted by Gasteiger charge is -2.32. The van der Waals surface area contributed by atoms with Crippen molar-refractivity contribution in [2.75, 3.05) is 11.9 Å². The van der Waals surface area contributed by atoms with E-state index in [1.807, 2.05) is 6.92 Å². The number of carbonyl (C=O) groups excluding carboxylic acids is 3. The average molecular weight is 473 g/mol. The van der Waals surface area contributed by atoms with Crippen molar-refractivity contribution in [2.24, 2.45) is 0 Å². The Balaban J connectivity index is 1.65. The highest BCUT2D eigenvalue weighted by molar-refractivity contribution is 7.89. The number of hydrogen-bond acceptors (Lipinski definition) is 6. The second-order valence-electron chi connectivity index (χ2n) is 8.16. The Hall–Kier alpha value is -3.04. The fourth-order valence-corrected chi connectivity index (χ4v) is 5.46. The van der Waals surface area contributed by atoms with E-state index in [1.54, 1.807) is 24.3 Å². The van der Waals surface area contributed by atoms with Crippen molar-refractivity contribution in [3.05, 3.63) is 59.7 Å². The number of hydrogen-bond donors (Lipinski definition) is 1. The fourth-order valence-electron chi connectivity index (χ4n) is 3.77. The van der Waals surface area contributed by atoms with Gasteiger partial charge in [0.2, 0.25) is 21.7 Å². The Morgan fingerprint density at radius 2 is 1.61 bits per heavy atom. The van der Waals surface area contributed by atoms with Crippen LogP contribution in [0.2, 0.25) is 0 Å². The van der Waals surface area contributed by atoms with Gasteiger partial charge >= 0.3 is 5.97 Å². The minimum absolute atomic E-state index is 0.0624. The van der Waals surface area contributed by atoms with Crippen LogP contribution in [-0.2, 0) is 19.6 Å². The number of anilines is 1. The molecular formula is C24H28N2O6S. The largest absolute Gasteiger partial charge is 0.451 e. The van der Waals surface area contributed by atoms with Crippen molar-refractivity contribution in [3.63, 3.8) is 0 Å². The first-order valence-corrected chi connectivity index (χ1v) is 12.3. The molecule has 1 N–H and O–H groups in total. The molecule has 9 heteroatoms. The molecule has 8 nitrogen and oxygen atoms in total. The molecule has 1 heterocycles. The molecule has 0 unspecified atom stereocenters. The maximum Gasteiger partial charge on any atom is 0.338 e. The fraction of sp³-hybridized carbons (Fsp3) is 0.375. The van der Waals surface area contributed by atoms with E-state index in [2.05, 4.69) is 5.32 Å². The van der Waals surface area contributed by atoms with Gasteiger partial charge in [-0.05, 0) is 75.2 Å². The third-order valence-corrected chi connectivity index (χ3v) is 7.61. The van der Waals surface area contributed by atoms with E-state index in [1.165, 1.54) is 42.4 Å². The molecule has 0 bridgehead atoms. The maximum absolute atomic E-state index is 12.9. The Kier molecular flexibility index (Phi) is 7.65. The number of nitrogens with one attached hydrogen (secondary N) is 1. The molecule has 2 atom stereocenters. The number of ether oxygens (including phenoxy) is 1. The molecule has 1 aliphatic rings. The van der Waals surface area contributed by atoms with Gasteiger partial charge in [0.1, 0.15) is 0 Å². The van der Waals surface area contributed by atoms with Crippen molar-refractivity contribution in [1.82, 2.24) is 4.31 Å². The first kappa shape index (κ1) is 24.6. The van der Waals surface area contributed by atoms with Gasteiger partial charge in [0.25, 0.3) is 0 Å². The van der Waals surface area contributed by atoms with Crippen LogP contribution >= 0.6 is 0 Å². The number of piperidine rings is 1. The highest BCUT2D eigenvalue weighted by Crippen LogP contribution is 2.25. The van der Waals surface area contributed by atoms with E-state index < -0.39 is 27.9 Å². The number of ketones is 1. The van der Waals surface area contributed by atoms with Gasteiger partial charge in [0, 0.05) is 30.8 Å². The first-order chi connectivity index (χ1) is 15.6. The summed E-state index contributed by atoms with van der Waals surface area (Å²) in [5.74, 6) is -1.34. The zero-order valence-electron chi connectivity index (χ0n) is 18.9. The summed E-state index contributed by atoms with van der Waals surface area (Å²) in [5.41, 5.74) is 1.04. The van der Waals surface area contributed by atoms with Crippen LogP contribution in [0.5, 0.6) is 0 Å². The van der Waals surface area contributed by atoms with Crippen LogP contribution in [0, 0.1) is 0 Å². The minimum Gasteiger partial charge on any atom is -0.451 e. The molecule has 0 aromatic heterocycles. The van der Waals surface area contributed by atoms with E-state index in [0.29, 0.717) is 17.8 Å². The van der Waals surface area contributed by atoms with Crippen LogP contribution in [0.3, 0.4) is 0 Å².